The molecular formula is C13H17N3S. The number of aryl methyl sites for hydroxylation is 1. The van der Waals surface area contributed by atoms with E-state index in [1.807, 2.05) is 29.6 Å². The topological polar surface area (TPSA) is 43.8 Å². The summed E-state index contributed by atoms with van der Waals surface area (Å²) in [6.45, 7) is 4.38. The van der Waals surface area contributed by atoms with Gasteiger partial charge in [-0.2, -0.15) is 0 Å². The Labute approximate surface area is 106 Å². The molecule has 0 saturated heterocycles. The second kappa shape index (κ2) is 4.84. The highest BCUT2D eigenvalue weighted by atomic mass is 32.2. The van der Waals surface area contributed by atoms with Crippen LogP contribution in [-0.2, 0) is 7.05 Å². The van der Waals surface area contributed by atoms with Crippen molar-refractivity contribution < 1.29 is 0 Å². The molecule has 1 aromatic carbocycles. The fourth-order valence-electron chi connectivity index (χ4n) is 1.60. The van der Waals surface area contributed by atoms with Gasteiger partial charge in [0.1, 0.15) is 0 Å². The third-order valence-corrected chi connectivity index (χ3v) is 3.45. The summed E-state index contributed by atoms with van der Waals surface area (Å²) in [6.07, 6.45) is 1.94. The second-order valence-corrected chi connectivity index (χ2v) is 5.94. The Bertz CT molecular complexity index is 480. The molecule has 0 aliphatic heterocycles. The number of benzene rings is 1. The van der Waals surface area contributed by atoms with E-state index in [1.54, 1.807) is 0 Å². The summed E-state index contributed by atoms with van der Waals surface area (Å²) in [4.78, 5) is 5.59. The van der Waals surface area contributed by atoms with E-state index >= 15 is 0 Å². The molecule has 0 radical (unpaired) electrons. The Morgan fingerprint density at radius 3 is 2.35 bits per heavy atom. The van der Waals surface area contributed by atoms with Crippen molar-refractivity contribution in [2.75, 3.05) is 5.73 Å². The minimum Gasteiger partial charge on any atom is -0.369 e. The van der Waals surface area contributed by atoms with Crippen molar-refractivity contribution in [1.82, 2.24) is 9.55 Å². The zero-order valence-corrected chi connectivity index (χ0v) is 11.2. The summed E-state index contributed by atoms with van der Waals surface area (Å²) in [5.74, 6) is 0.542. The van der Waals surface area contributed by atoms with E-state index in [2.05, 4.69) is 43.1 Å². The van der Waals surface area contributed by atoms with Crippen molar-refractivity contribution in [3.63, 3.8) is 0 Å². The number of nitrogens with zero attached hydrogens (tertiary/aromatic N) is 2. The van der Waals surface area contributed by atoms with Crippen LogP contribution in [0.15, 0.2) is 35.4 Å². The van der Waals surface area contributed by atoms with Crippen LogP contribution in [0.4, 0.5) is 5.95 Å². The monoisotopic (exact) mass is 247 g/mol. The molecule has 1 heterocycles. The van der Waals surface area contributed by atoms with Gasteiger partial charge < -0.3 is 10.3 Å². The number of anilines is 1. The van der Waals surface area contributed by atoms with Crippen LogP contribution in [0.1, 0.15) is 13.8 Å². The highest BCUT2D eigenvalue weighted by Gasteiger charge is 2.05. The van der Waals surface area contributed by atoms with Crippen molar-refractivity contribution in [1.29, 1.82) is 0 Å². The van der Waals surface area contributed by atoms with Gasteiger partial charge in [0.2, 0.25) is 0 Å². The van der Waals surface area contributed by atoms with Crippen LogP contribution in [-0.4, -0.2) is 14.8 Å². The van der Waals surface area contributed by atoms with Gasteiger partial charge in [-0.15, -0.1) is 11.8 Å². The molecule has 17 heavy (non-hydrogen) atoms. The quantitative estimate of drug-likeness (QED) is 0.847. The molecule has 2 rings (SSSR count). The van der Waals surface area contributed by atoms with Gasteiger partial charge in [0.25, 0.3) is 0 Å². The van der Waals surface area contributed by atoms with Crippen molar-refractivity contribution in [2.24, 2.45) is 7.05 Å². The lowest BCUT2D eigenvalue weighted by molar-refractivity contribution is 0.930. The number of imidazole rings is 1. The van der Waals surface area contributed by atoms with E-state index in [4.69, 9.17) is 5.73 Å². The van der Waals surface area contributed by atoms with Crippen LogP contribution in [0.25, 0.3) is 11.3 Å². The van der Waals surface area contributed by atoms with E-state index in [1.165, 1.54) is 4.90 Å². The summed E-state index contributed by atoms with van der Waals surface area (Å²) in [5, 5.41) is 0.603. The molecule has 0 bridgehead atoms. The van der Waals surface area contributed by atoms with E-state index in [9.17, 15) is 0 Å². The molecule has 0 unspecified atom stereocenters. The SMILES string of the molecule is CC(C)Sc1ccc(-c2cn(C)c(N)n2)cc1. The molecule has 0 saturated carbocycles. The lowest BCUT2D eigenvalue weighted by Crippen LogP contribution is -1.94. The zero-order chi connectivity index (χ0) is 12.4. The summed E-state index contributed by atoms with van der Waals surface area (Å²) in [7, 11) is 1.90. The zero-order valence-electron chi connectivity index (χ0n) is 10.3. The maximum atomic E-state index is 5.72. The molecule has 0 spiro atoms. The number of hydrogen-bond donors (Lipinski definition) is 1. The van der Waals surface area contributed by atoms with Crippen molar-refractivity contribution in [2.45, 2.75) is 24.0 Å². The number of thioether (sulfide) groups is 1. The largest absolute Gasteiger partial charge is 0.369 e. The van der Waals surface area contributed by atoms with Crippen LogP contribution in [0.5, 0.6) is 0 Å². The smallest absolute Gasteiger partial charge is 0.200 e. The third kappa shape index (κ3) is 2.82. The Morgan fingerprint density at radius 2 is 1.88 bits per heavy atom. The van der Waals surface area contributed by atoms with Crippen LogP contribution >= 0.6 is 11.8 Å². The number of hydrogen-bond acceptors (Lipinski definition) is 3. The first kappa shape index (κ1) is 12.0. The van der Waals surface area contributed by atoms with E-state index < -0.39 is 0 Å². The highest BCUT2D eigenvalue weighted by molar-refractivity contribution is 7.99. The molecule has 0 aliphatic carbocycles. The Morgan fingerprint density at radius 1 is 1.24 bits per heavy atom. The van der Waals surface area contributed by atoms with Gasteiger partial charge in [-0.1, -0.05) is 26.0 Å². The summed E-state index contributed by atoms with van der Waals surface area (Å²) >= 11 is 1.86. The molecule has 90 valence electrons. The lowest BCUT2D eigenvalue weighted by Gasteiger charge is -2.04. The average Bonchev–Trinajstić information content (AvgIpc) is 2.59. The molecule has 0 fully saturated rings. The van der Waals surface area contributed by atoms with Crippen molar-refractivity contribution >= 4 is 17.7 Å². The van der Waals surface area contributed by atoms with Gasteiger partial charge in [0.05, 0.1) is 5.69 Å². The summed E-state index contributed by atoms with van der Waals surface area (Å²) in [6, 6.07) is 8.44. The molecule has 0 aliphatic rings. The first-order valence-corrected chi connectivity index (χ1v) is 6.50. The van der Waals surface area contributed by atoms with E-state index in [0.29, 0.717) is 11.2 Å². The molecule has 1 aromatic heterocycles. The van der Waals surface area contributed by atoms with Gasteiger partial charge in [-0.05, 0) is 12.1 Å². The highest BCUT2D eigenvalue weighted by Crippen LogP contribution is 2.26. The number of aromatic nitrogens is 2. The number of nitrogen functional groups attached to an aromatic ring is 1. The minimum absolute atomic E-state index is 0.542. The number of rotatable bonds is 3. The van der Waals surface area contributed by atoms with Crippen LogP contribution in [0.2, 0.25) is 0 Å². The molecule has 4 heteroatoms. The average molecular weight is 247 g/mol. The van der Waals surface area contributed by atoms with E-state index in [-0.39, 0.29) is 0 Å². The van der Waals surface area contributed by atoms with Gasteiger partial charge in [-0.25, -0.2) is 4.98 Å². The predicted molar refractivity (Wildman–Crippen MR) is 74.0 cm³/mol. The first-order chi connectivity index (χ1) is 8.06. The normalized spacial score (nSPS) is 11.1. The molecule has 2 aromatic rings. The molecule has 2 N–H and O–H groups in total. The molecular weight excluding hydrogens is 230 g/mol. The Hall–Kier alpha value is -1.42. The van der Waals surface area contributed by atoms with Crippen LogP contribution in [0.3, 0.4) is 0 Å². The number of nitrogens with two attached hydrogens (primary N) is 1. The first-order valence-electron chi connectivity index (χ1n) is 5.62. The van der Waals surface area contributed by atoms with Crippen LogP contribution < -0.4 is 5.73 Å². The second-order valence-electron chi connectivity index (χ2n) is 4.29. The van der Waals surface area contributed by atoms with Crippen LogP contribution in [0, 0.1) is 0 Å². The fourth-order valence-corrected chi connectivity index (χ4v) is 2.43. The van der Waals surface area contributed by atoms with Crippen molar-refractivity contribution in [3.8, 4) is 11.3 Å². The summed E-state index contributed by atoms with van der Waals surface area (Å²) in [5.41, 5.74) is 7.75. The lowest BCUT2D eigenvalue weighted by atomic mass is 10.2. The molecule has 0 amide bonds. The predicted octanol–water partition coefficient (Wildman–Crippen LogP) is 3.17. The Kier molecular flexibility index (Phi) is 3.43. The van der Waals surface area contributed by atoms with Gasteiger partial charge in [0.15, 0.2) is 5.95 Å². The minimum atomic E-state index is 0.542. The molecule has 3 nitrogen and oxygen atoms in total. The Balaban J connectivity index is 2.23. The third-order valence-electron chi connectivity index (χ3n) is 2.43. The fraction of sp³-hybridized carbons (Fsp3) is 0.308. The maximum Gasteiger partial charge on any atom is 0.200 e. The standard InChI is InChI=1S/C13H17N3S/c1-9(2)17-11-6-4-10(5-7-11)12-8-16(3)13(14)15-12/h4-9H,1-3H3,(H2,14,15). The van der Waals surface area contributed by atoms with Crippen molar-refractivity contribution in [3.05, 3.63) is 30.5 Å². The van der Waals surface area contributed by atoms with E-state index in [0.717, 1.165) is 11.3 Å². The summed E-state index contributed by atoms with van der Waals surface area (Å²) < 4.78 is 1.83. The molecule has 0 atom stereocenters. The van der Waals surface area contributed by atoms with Gasteiger partial charge in [0, 0.05) is 29.0 Å². The maximum absolute atomic E-state index is 5.72. The van der Waals surface area contributed by atoms with Gasteiger partial charge in [-0.3, -0.25) is 0 Å². The van der Waals surface area contributed by atoms with Gasteiger partial charge >= 0.3 is 0 Å².